The summed E-state index contributed by atoms with van der Waals surface area (Å²) < 4.78 is 39.1. The van der Waals surface area contributed by atoms with Crippen molar-refractivity contribution in [2.45, 2.75) is 18.4 Å². The molecule has 9 heteroatoms. The number of hydrogen-bond acceptors (Lipinski definition) is 6. The predicted octanol–water partition coefficient (Wildman–Crippen LogP) is 3.26. The molecule has 0 N–H and O–H groups in total. The van der Waals surface area contributed by atoms with E-state index in [9.17, 15) is 13.2 Å². The Morgan fingerprint density at radius 1 is 0.889 bits per heavy atom. The number of nitrogens with zero attached hydrogens (tertiary/aromatic N) is 3. The van der Waals surface area contributed by atoms with Crippen molar-refractivity contribution < 1.29 is 22.7 Å². The van der Waals surface area contributed by atoms with E-state index in [-0.39, 0.29) is 24.1 Å². The molecule has 0 bridgehead atoms. The van der Waals surface area contributed by atoms with Gasteiger partial charge in [0.1, 0.15) is 6.54 Å². The Morgan fingerprint density at radius 2 is 1.58 bits per heavy atom. The van der Waals surface area contributed by atoms with Gasteiger partial charge in [-0.1, -0.05) is 42.0 Å². The molecule has 2 heterocycles. The standard InChI is InChI=1S/C27H29N3O5S/c1-21-7-10-24(11-8-21)36(32,33)30(23-5-3-2-4-6-23)19-27(31)29-15-13-28(14-16-29)18-22-9-12-25-26(17-22)35-20-34-25/h2-12,17H,13-16,18-20H2,1H3. The Hall–Kier alpha value is -3.56. The molecule has 0 atom stereocenters. The third-order valence-electron chi connectivity index (χ3n) is 6.50. The maximum Gasteiger partial charge on any atom is 0.264 e. The summed E-state index contributed by atoms with van der Waals surface area (Å²) in [7, 11) is -3.91. The highest BCUT2D eigenvalue weighted by atomic mass is 32.2. The van der Waals surface area contributed by atoms with Crippen LogP contribution in [-0.2, 0) is 21.4 Å². The number of rotatable bonds is 7. The summed E-state index contributed by atoms with van der Waals surface area (Å²) in [5, 5.41) is 0. The Bertz CT molecular complexity index is 1320. The molecule has 1 saturated heterocycles. The molecule has 0 saturated carbocycles. The van der Waals surface area contributed by atoms with E-state index in [2.05, 4.69) is 4.90 Å². The van der Waals surface area contributed by atoms with Crippen molar-refractivity contribution in [1.29, 1.82) is 0 Å². The minimum atomic E-state index is -3.91. The highest BCUT2D eigenvalue weighted by Gasteiger charge is 2.30. The van der Waals surface area contributed by atoms with E-state index in [1.54, 1.807) is 53.4 Å². The smallest absolute Gasteiger partial charge is 0.264 e. The van der Waals surface area contributed by atoms with Crippen molar-refractivity contribution in [2.24, 2.45) is 0 Å². The molecule has 1 amide bonds. The number of carbonyl (C=O) groups excluding carboxylic acids is 1. The van der Waals surface area contributed by atoms with Crippen molar-refractivity contribution in [1.82, 2.24) is 9.80 Å². The molecule has 36 heavy (non-hydrogen) atoms. The van der Waals surface area contributed by atoms with Crippen LogP contribution in [0.3, 0.4) is 0 Å². The van der Waals surface area contributed by atoms with Crippen LogP contribution in [0.5, 0.6) is 11.5 Å². The van der Waals surface area contributed by atoms with Crippen molar-refractivity contribution in [3.63, 3.8) is 0 Å². The maximum atomic E-state index is 13.5. The number of benzene rings is 3. The van der Waals surface area contributed by atoms with Crippen molar-refractivity contribution in [3.8, 4) is 11.5 Å². The summed E-state index contributed by atoms with van der Waals surface area (Å²) in [4.78, 5) is 17.5. The third kappa shape index (κ3) is 5.17. The number of sulfonamides is 1. The van der Waals surface area contributed by atoms with Crippen molar-refractivity contribution in [2.75, 3.05) is 43.8 Å². The fourth-order valence-corrected chi connectivity index (χ4v) is 5.84. The van der Waals surface area contributed by atoms with E-state index in [1.807, 2.05) is 31.2 Å². The van der Waals surface area contributed by atoms with Gasteiger partial charge in [0.25, 0.3) is 10.0 Å². The van der Waals surface area contributed by atoms with Crippen LogP contribution in [0, 0.1) is 6.92 Å². The van der Waals surface area contributed by atoms with Gasteiger partial charge in [-0.2, -0.15) is 0 Å². The first-order valence-electron chi connectivity index (χ1n) is 11.9. The van der Waals surface area contributed by atoms with Crippen LogP contribution in [-0.4, -0.2) is 63.6 Å². The number of para-hydroxylation sites is 1. The fourth-order valence-electron chi connectivity index (χ4n) is 4.42. The molecule has 8 nitrogen and oxygen atoms in total. The number of ether oxygens (including phenoxy) is 2. The predicted molar refractivity (Wildman–Crippen MR) is 137 cm³/mol. The number of piperazine rings is 1. The van der Waals surface area contributed by atoms with E-state index in [0.717, 1.165) is 29.2 Å². The minimum absolute atomic E-state index is 0.165. The molecular weight excluding hydrogens is 478 g/mol. The lowest BCUT2D eigenvalue weighted by Gasteiger charge is -2.36. The van der Waals surface area contributed by atoms with Crippen molar-refractivity contribution in [3.05, 3.63) is 83.9 Å². The molecule has 0 spiro atoms. The zero-order valence-corrected chi connectivity index (χ0v) is 21.0. The van der Waals surface area contributed by atoms with Crippen LogP contribution >= 0.6 is 0 Å². The molecule has 0 radical (unpaired) electrons. The summed E-state index contributed by atoms with van der Waals surface area (Å²) in [6.45, 7) is 5.14. The molecule has 0 unspecified atom stereocenters. The summed E-state index contributed by atoms with van der Waals surface area (Å²) in [5.74, 6) is 1.31. The SMILES string of the molecule is Cc1ccc(S(=O)(=O)N(CC(=O)N2CCN(Cc3ccc4c(c3)OCO4)CC2)c2ccccc2)cc1. The van der Waals surface area contributed by atoms with E-state index < -0.39 is 10.0 Å². The monoisotopic (exact) mass is 507 g/mol. The van der Waals surface area contributed by atoms with Crippen LogP contribution in [0.25, 0.3) is 0 Å². The second kappa shape index (κ2) is 10.2. The van der Waals surface area contributed by atoms with Crippen LogP contribution in [0.1, 0.15) is 11.1 Å². The van der Waals surface area contributed by atoms with Crippen LogP contribution in [0.4, 0.5) is 5.69 Å². The van der Waals surface area contributed by atoms with Crippen LogP contribution in [0.2, 0.25) is 0 Å². The number of aryl methyl sites for hydroxylation is 1. The fraction of sp³-hybridized carbons (Fsp3) is 0.296. The van der Waals surface area contributed by atoms with Gasteiger partial charge in [0.15, 0.2) is 11.5 Å². The Balaban J connectivity index is 1.25. The highest BCUT2D eigenvalue weighted by Crippen LogP contribution is 2.33. The van der Waals surface area contributed by atoms with Crippen LogP contribution < -0.4 is 13.8 Å². The molecule has 5 rings (SSSR count). The molecule has 1 fully saturated rings. The average Bonchev–Trinajstić information content (AvgIpc) is 3.36. The van der Waals surface area contributed by atoms with Gasteiger partial charge in [0.2, 0.25) is 12.7 Å². The number of hydrogen-bond donors (Lipinski definition) is 0. The molecule has 2 aliphatic rings. The first-order chi connectivity index (χ1) is 17.4. The molecule has 2 aliphatic heterocycles. The second-order valence-electron chi connectivity index (χ2n) is 9.00. The zero-order chi connectivity index (χ0) is 25.1. The number of fused-ring (bicyclic) bond motifs is 1. The average molecular weight is 508 g/mol. The highest BCUT2D eigenvalue weighted by molar-refractivity contribution is 7.92. The lowest BCUT2D eigenvalue weighted by Crippen LogP contribution is -2.51. The first kappa shape index (κ1) is 24.1. The Kier molecular flexibility index (Phi) is 6.84. The zero-order valence-electron chi connectivity index (χ0n) is 20.2. The van der Waals surface area contributed by atoms with Gasteiger partial charge >= 0.3 is 0 Å². The second-order valence-corrected chi connectivity index (χ2v) is 10.9. The lowest BCUT2D eigenvalue weighted by molar-refractivity contribution is -0.131. The molecule has 3 aromatic rings. The quantitative estimate of drug-likeness (QED) is 0.489. The van der Waals surface area contributed by atoms with Crippen LogP contribution in [0.15, 0.2) is 77.7 Å². The van der Waals surface area contributed by atoms with Gasteiger partial charge in [-0.15, -0.1) is 0 Å². The molecule has 0 aromatic heterocycles. The van der Waals surface area contributed by atoms with Gasteiger partial charge in [-0.05, 0) is 48.9 Å². The number of carbonyl (C=O) groups is 1. The third-order valence-corrected chi connectivity index (χ3v) is 8.29. The summed E-state index contributed by atoms with van der Waals surface area (Å²) in [6, 6.07) is 21.4. The summed E-state index contributed by atoms with van der Waals surface area (Å²) >= 11 is 0. The molecular formula is C27H29N3O5S. The Labute approximate surface area is 211 Å². The van der Waals surface area contributed by atoms with Gasteiger partial charge in [-0.25, -0.2) is 8.42 Å². The largest absolute Gasteiger partial charge is 0.454 e. The number of amides is 1. The van der Waals surface area contributed by atoms with E-state index in [4.69, 9.17) is 9.47 Å². The van der Waals surface area contributed by atoms with E-state index in [1.165, 1.54) is 4.31 Å². The minimum Gasteiger partial charge on any atom is -0.454 e. The van der Waals surface area contributed by atoms with Gasteiger partial charge in [0.05, 0.1) is 10.6 Å². The molecule has 3 aromatic carbocycles. The van der Waals surface area contributed by atoms with Gasteiger partial charge in [0, 0.05) is 32.7 Å². The molecule has 188 valence electrons. The first-order valence-corrected chi connectivity index (χ1v) is 13.4. The summed E-state index contributed by atoms with van der Waals surface area (Å²) in [6.07, 6.45) is 0. The number of anilines is 1. The van der Waals surface area contributed by atoms with Crippen molar-refractivity contribution >= 4 is 21.6 Å². The topological polar surface area (TPSA) is 79.4 Å². The van der Waals surface area contributed by atoms with Gasteiger partial charge < -0.3 is 14.4 Å². The van der Waals surface area contributed by atoms with E-state index in [0.29, 0.717) is 31.9 Å². The maximum absolute atomic E-state index is 13.5. The van der Waals surface area contributed by atoms with E-state index >= 15 is 0 Å². The normalized spacial score (nSPS) is 15.6. The molecule has 0 aliphatic carbocycles. The summed E-state index contributed by atoms with van der Waals surface area (Å²) in [5.41, 5.74) is 2.56. The van der Waals surface area contributed by atoms with Gasteiger partial charge in [-0.3, -0.25) is 14.0 Å². The lowest BCUT2D eigenvalue weighted by atomic mass is 10.1. The Morgan fingerprint density at radius 3 is 2.31 bits per heavy atom.